The van der Waals surface area contributed by atoms with Gasteiger partial charge in [0.15, 0.2) is 0 Å². The van der Waals surface area contributed by atoms with E-state index in [9.17, 15) is 24.5 Å². The maximum Gasteiger partial charge on any atom is 0.268 e. The van der Waals surface area contributed by atoms with Crippen molar-refractivity contribution in [3.63, 3.8) is 0 Å². The molecule has 0 radical (unpaired) electrons. The Hall–Kier alpha value is -1.32. The van der Waals surface area contributed by atoms with Gasteiger partial charge in [0.25, 0.3) is 7.82 Å². The normalized spacial score (nSPS) is 15.5. The number of rotatable bonds is 37. The van der Waals surface area contributed by atoms with Gasteiger partial charge in [-0.05, 0) is 38.5 Å². The molecule has 0 aromatic carbocycles. The van der Waals surface area contributed by atoms with Gasteiger partial charge in [-0.2, -0.15) is 0 Å². The zero-order valence-corrected chi connectivity index (χ0v) is 35.0. The fourth-order valence-electron chi connectivity index (χ4n) is 5.84. The van der Waals surface area contributed by atoms with E-state index >= 15 is 0 Å². The first-order valence-corrected chi connectivity index (χ1v) is 22.4. The summed E-state index contributed by atoms with van der Waals surface area (Å²) in [4.78, 5) is 25.3. The van der Waals surface area contributed by atoms with Crippen molar-refractivity contribution in [3.8, 4) is 0 Å². The van der Waals surface area contributed by atoms with Crippen LogP contribution in [0.1, 0.15) is 168 Å². The molecule has 0 aromatic rings. The van der Waals surface area contributed by atoms with Crippen molar-refractivity contribution in [1.29, 1.82) is 0 Å². The number of nitrogens with one attached hydrogen (secondary N) is 1. The van der Waals surface area contributed by atoms with E-state index in [4.69, 9.17) is 9.05 Å². The Bertz CT molecular complexity index is 966. The number of phosphoric ester groups is 1. The molecule has 4 atom stereocenters. The third-order valence-corrected chi connectivity index (χ3v) is 10.2. The van der Waals surface area contributed by atoms with Gasteiger partial charge in [-0.15, -0.1) is 0 Å². The van der Waals surface area contributed by atoms with Crippen molar-refractivity contribution in [3.05, 3.63) is 36.5 Å². The zero-order chi connectivity index (χ0) is 38.8. The monoisotopic (exact) mass is 757 g/mol. The molecule has 0 rings (SSSR count). The van der Waals surface area contributed by atoms with E-state index < -0.39 is 26.1 Å². The smallest absolute Gasteiger partial charge is 0.268 e. The van der Waals surface area contributed by atoms with E-state index in [1.54, 1.807) is 6.08 Å². The van der Waals surface area contributed by atoms with Gasteiger partial charge in [-0.1, -0.05) is 159 Å². The van der Waals surface area contributed by atoms with Gasteiger partial charge in [-0.25, -0.2) is 0 Å². The van der Waals surface area contributed by atoms with Crippen LogP contribution in [-0.4, -0.2) is 79.8 Å². The summed E-state index contributed by atoms with van der Waals surface area (Å²) < 4.78 is 23.2. The molecule has 0 aromatic heterocycles. The first-order valence-electron chi connectivity index (χ1n) is 20.9. The summed E-state index contributed by atoms with van der Waals surface area (Å²) in [5.74, 6) is -0.206. The van der Waals surface area contributed by atoms with Gasteiger partial charge in [0.1, 0.15) is 13.2 Å². The lowest BCUT2D eigenvalue weighted by Crippen LogP contribution is -2.46. The lowest BCUT2D eigenvalue weighted by atomic mass is 10.0. The van der Waals surface area contributed by atoms with Gasteiger partial charge >= 0.3 is 0 Å². The molecule has 1 amide bonds. The molecule has 0 spiro atoms. The van der Waals surface area contributed by atoms with Crippen molar-refractivity contribution in [2.45, 2.75) is 186 Å². The molecule has 52 heavy (non-hydrogen) atoms. The number of unbranched alkanes of at least 4 members (excludes halogenated alkanes) is 18. The Morgan fingerprint density at radius 3 is 1.88 bits per heavy atom. The van der Waals surface area contributed by atoms with Crippen LogP contribution in [0.5, 0.6) is 0 Å². The fraction of sp³-hybridized carbons (Fsp3) is 0.833. The Kier molecular flexibility index (Phi) is 33.3. The molecule has 0 aliphatic rings. The van der Waals surface area contributed by atoms with E-state index in [0.717, 1.165) is 64.2 Å². The van der Waals surface area contributed by atoms with E-state index in [2.05, 4.69) is 31.3 Å². The molecule has 2 unspecified atom stereocenters. The third kappa shape index (κ3) is 35.7. The number of quaternary nitrogens is 1. The largest absolute Gasteiger partial charge is 0.756 e. The standard InChI is InChI=1S/C42H81N2O7P/c1-6-8-10-11-12-13-14-15-16-17-20-23-26-30-34-41(46)40(38-51-52(48,49)50-37-36-44(3,4)5)43-42(47)35-31-27-24-21-18-19-22-25-29-33-39(45)32-28-9-7-2/h9,22,25,28-29,33,39-41,45-46H,6-8,10-21,23-24,26-27,30-32,34-38H2,1-5H3,(H-,43,47,48,49)/b25-22+,28-9+,33-29+/t39?,40-,41+/m0/s1. The predicted molar refractivity (Wildman–Crippen MR) is 216 cm³/mol. The molecule has 0 saturated heterocycles. The average Bonchev–Trinajstić information content (AvgIpc) is 3.08. The molecule has 9 nitrogen and oxygen atoms in total. The molecule has 306 valence electrons. The summed E-state index contributed by atoms with van der Waals surface area (Å²) in [5.41, 5.74) is 0. The summed E-state index contributed by atoms with van der Waals surface area (Å²) in [6.07, 6.45) is 36.1. The minimum atomic E-state index is -4.58. The summed E-state index contributed by atoms with van der Waals surface area (Å²) in [6.45, 7) is 4.47. The predicted octanol–water partition coefficient (Wildman–Crippen LogP) is 9.47. The number of carbonyl (C=O) groups is 1. The number of aliphatic hydroxyl groups is 2. The number of phosphoric acid groups is 1. The van der Waals surface area contributed by atoms with Gasteiger partial charge in [0, 0.05) is 6.42 Å². The Morgan fingerprint density at radius 2 is 1.31 bits per heavy atom. The van der Waals surface area contributed by atoms with Crippen molar-refractivity contribution >= 4 is 13.7 Å². The Balaban J connectivity index is 4.49. The third-order valence-electron chi connectivity index (χ3n) is 9.22. The van der Waals surface area contributed by atoms with Gasteiger partial charge in [-0.3, -0.25) is 9.36 Å². The Labute approximate surface area is 319 Å². The highest BCUT2D eigenvalue weighted by Crippen LogP contribution is 2.38. The number of nitrogens with zero attached hydrogens (tertiary/aromatic N) is 1. The minimum Gasteiger partial charge on any atom is -0.756 e. The molecule has 0 bridgehead atoms. The van der Waals surface area contributed by atoms with E-state index in [0.29, 0.717) is 30.3 Å². The van der Waals surface area contributed by atoms with Gasteiger partial charge in [0.05, 0.1) is 46.0 Å². The minimum absolute atomic E-state index is 0.00241. The van der Waals surface area contributed by atoms with E-state index in [1.165, 1.54) is 70.6 Å². The van der Waals surface area contributed by atoms with Crippen LogP contribution >= 0.6 is 7.82 Å². The van der Waals surface area contributed by atoms with Crippen LogP contribution in [0.2, 0.25) is 0 Å². The van der Waals surface area contributed by atoms with Crippen LogP contribution in [0.15, 0.2) is 36.5 Å². The van der Waals surface area contributed by atoms with Crippen molar-refractivity contribution < 1.29 is 38.0 Å². The molecule has 0 heterocycles. The highest BCUT2D eigenvalue weighted by molar-refractivity contribution is 7.45. The van der Waals surface area contributed by atoms with Crippen molar-refractivity contribution in [1.82, 2.24) is 5.32 Å². The number of allylic oxidation sites excluding steroid dienone is 4. The quantitative estimate of drug-likeness (QED) is 0.0189. The lowest BCUT2D eigenvalue weighted by molar-refractivity contribution is -0.870. The molecular weight excluding hydrogens is 675 g/mol. The Morgan fingerprint density at radius 1 is 0.750 bits per heavy atom. The number of hydrogen-bond donors (Lipinski definition) is 3. The number of carbonyl (C=O) groups excluding carboxylic acids is 1. The maximum atomic E-state index is 12.8. The summed E-state index contributed by atoms with van der Waals surface area (Å²) >= 11 is 0. The van der Waals surface area contributed by atoms with Gasteiger partial charge in [0.2, 0.25) is 5.91 Å². The molecule has 10 heteroatoms. The second kappa shape index (κ2) is 34.2. The highest BCUT2D eigenvalue weighted by atomic mass is 31.2. The van der Waals surface area contributed by atoms with Crippen LogP contribution < -0.4 is 10.2 Å². The molecule has 3 N–H and O–H groups in total. The van der Waals surface area contributed by atoms with Crippen LogP contribution in [0.4, 0.5) is 0 Å². The lowest BCUT2D eigenvalue weighted by Gasteiger charge is -2.30. The fourth-order valence-corrected chi connectivity index (χ4v) is 6.56. The number of aliphatic hydroxyl groups excluding tert-OH is 2. The highest BCUT2D eigenvalue weighted by Gasteiger charge is 2.24. The molecule has 0 aliphatic heterocycles. The summed E-state index contributed by atoms with van der Waals surface area (Å²) in [6, 6.07) is -0.825. The van der Waals surface area contributed by atoms with Crippen molar-refractivity contribution in [2.24, 2.45) is 0 Å². The second-order valence-electron chi connectivity index (χ2n) is 15.5. The van der Waals surface area contributed by atoms with E-state index in [-0.39, 0.29) is 19.1 Å². The molecule has 0 saturated carbocycles. The van der Waals surface area contributed by atoms with Gasteiger partial charge < -0.3 is 34.0 Å². The maximum absolute atomic E-state index is 12.8. The molecule has 0 aliphatic carbocycles. The zero-order valence-electron chi connectivity index (χ0n) is 34.1. The average molecular weight is 757 g/mol. The van der Waals surface area contributed by atoms with E-state index in [1.807, 2.05) is 39.4 Å². The van der Waals surface area contributed by atoms with Crippen LogP contribution in [0.3, 0.4) is 0 Å². The summed E-state index contributed by atoms with van der Waals surface area (Å²) in [7, 11) is 1.25. The molecule has 0 fully saturated rings. The molecular formula is C42H81N2O7P. The number of likely N-dealkylation sites (N-methyl/N-ethyl adjacent to an activating group) is 1. The SMILES string of the molecule is CC/C=C/CC(O)/C=C/C=C/CCCCCCCC(=O)N[C@@H](COP(=O)([O-])OCC[N+](C)(C)C)[C@H](O)CCCCCCCCCCCCCCCC. The van der Waals surface area contributed by atoms with Crippen molar-refractivity contribution in [2.75, 3.05) is 40.9 Å². The first-order chi connectivity index (χ1) is 24.9. The number of hydrogen-bond acceptors (Lipinski definition) is 7. The number of amides is 1. The van der Waals surface area contributed by atoms with Crippen LogP contribution in [-0.2, 0) is 18.4 Å². The van der Waals surface area contributed by atoms with Crippen LogP contribution in [0, 0.1) is 0 Å². The van der Waals surface area contributed by atoms with Crippen LogP contribution in [0.25, 0.3) is 0 Å². The topological polar surface area (TPSA) is 128 Å². The second-order valence-corrected chi connectivity index (χ2v) is 16.9. The first kappa shape index (κ1) is 50.7. The summed E-state index contributed by atoms with van der Waals surface area (Å²) in [5, 5.41) is 23.7.